The third kappa shape index (κ3) is 2.86. The van der Waals surface area contributed by atoms with Crippen LogP contribution in [0.15, 0.2) is 42.5 Å². The Labute approximate surface area is 102 Å². The fourth-order valence-corrected chi connectivity index (χ4v) is 1.83. The highest BCUT2D eigenvalue weighted by molar-refractivity contribution is 5.63. The van der Waals surface area contributed by atoms with Gasteiger partial charge in [-0.2, -0.15) is 0 Å². The van der Waals surface area contributed by atoms with E-state index in [-0.39, 0.29) is 0 Å². The number of benzene rings is 2. The highest BCUT2D eigenvalue weighted by Gasteiger charge is 1.99. The molecule has 2 nitrogen and oxygen atoms in total. The first-order valence-electron chi connectivity index (χ1n) is 5.82. The molecule has 17 heavy (non-hydrogen) atoms. The lowest BCUT2D eigenvalue weighted by Crippen LogP contribution is -1.97. The van der Waals surface area contributed by atoms with Gasteiger partial charge in [-0.05, 0) is 43.2 Å². The molecule has 0 aliphatic carbocycles. The number of anilines is 2. The molecule has 0 spiro atoms. The van der Waals surface area contributed by atoms with E-state index in [1.807, 2.05) is 12.1 Å². The quantitative estimate of drug-likeness (QED) is 0.840. The van der Waals surface area contributed by atoms with Crippen LogP contribution in [0.25, 0.3) is 0 Å². The number of hydrogen-bond donors (Lipinski definition) is 2. The Hall–Kier alpha value is -1.80. The van der Waals surface area contributed by atoms with Crippen LogP contribution in [-0.4, -0.2) is 0 Å². The summed E-state index contributed by atoms with van der Waals surface area (Å²) in [5.41, 5.74) is 11.5. The molecule has 0 saturated carbocycles. The zero-order valence-corrected chi connectivity index (χ0v) is 10.3. The van der Waals surface area contributed by atoms with Crippen LogP contribution >= 0.6 is 0 Å². The van der Waals surface area contributed by atoms with Gasteiger partial charge in [-0.15, -0.1) is 0 Å². The largest absolute Gasteiger partial charge is 0.355 e. The molecule has 2 aromatic rings. The summed E-state index contributed by atoms with van der Waals surface area (Å²) >= 11 is 0. The molecular formula is C15H18N2. The van der Waals surface area contributed by atoms with Gasteiger partial charge in [-0.25, -0.2) is 0 Å². The maximum Gasteiger partial charge on any atom is 0.0414 e. The minimum Gasteiger partial charge on any atom is -0.355 e. The van der Waals surface area contributed by atoms with Gasteiger partial charge in [-0.1, -0.05) is 29.8 Å². The van der Waals surface area contributed by atoms with Gasteiger partial charge < -0.3 is 11.1 Å². The van der Waals surface area contributed by atoms with Gasteiger partial charge in [0.2, 0.25) is 0 Å². The fraction of sp³-hybridized carbons (Fsp3) is 0.200. The molecule has 0 unspecified atom stereocenters. The van der Waals surface area contributed by atoms with Crippen molar-refractivity contribution in [3.05, 3.63) is 59.2 Å². The standard InChI is InChI=1S/C15H18N2/c1-11-3-8-15(12(2)9-11)17-14-6-4-13(10-16)5-7-14/h3-9,17H,10,16H2,1-2H3. The minimum atomic E-state index is 0.587. The second-order valence-corrected chi connectivity index (χ2v) is 4.34. The van der Waals surface area contributed by atoms with Crippen molar-refractivity contribution in [3.63, 3.8) is 0 Å². The van der Waals surface area contributed by atoms with Gasteiger partial charge in [0, 0.05) is 17.9 Å². The van der Waals surface area contributed by atoms with Gasteiger partial charge >= 0.3 is 0 Å². The van der Waals surface area contributed by atoms with Crippen molar-refractivity contribution in [1.82, 2.24) is 0 Å². The van der Waals surface area contributed by atoms with Crippen LogP contribution in [0.2, 0.25) is 0 Å². The van der Waals surface area contributed by atoms with E-state index in [4.69, 9.17) is 5.73 Å². The van der Waals surface area contributed by atoms with Crippen molar-refractivity contribution < 1.29 is 0 Å². The van der Waals surface area contributed by atoms with Crippen molar-refractivity contribution in [2.75, 3.05) is 5.32 Å². The maximum atomic E-state index is 5.57. The van der Waals surface area contributed by atoms with Crippen LogP contribution in [-0.2, 0) is 6.54 Å². The molecule has 0 aromatic heterocycles. The van der Waals surface area contributed by atoms with Crippen molar-refractivity contribution in [2.45, 2.75) is 20.4 Å². The molecule has 3 N–H and O–H groups in total. The third-order valence-corrected chi connectivity index (χ3v) is 2.85. The third-order valence-electron chi connectivity index (χ3n) is 2.85. The number of nitrogens with one attached hydrogen (secondary N) is 1. The summed E-state index contributed by atoms with van der Waals surface area (Å²) < 4.78 is 0. The Kier molecular flexibility index (Phi) is 3.45. The van der Waals surface area contributed by atoms with Gasteiger partial charge in [-0.3, -0.25) is 0 Å². The Morgan fingerprint density at radius 3 is 2.29 bits per heavy atom. The van der Waals surface area contributed by atoms with E-state index in [0.717, 1.165) is 16.9 Å². The molecule has 2 heteroatoms. The predicted octanol–water partition coefficient (Wildman–Crippen LogP) is 3.51. The molecule has 2 aromatic carbocycles. The summed E-state index contributed by atoms with van der Waals surface area (Å²) in [6.07, 6.45) is 0. The van der Waals surface area contributed by atoms with Crippen molar-refractivity contribution in [2.24, 2.45) is 5.73 Å². The maximum absolute atomic E-state index is 5.57. The van der Waals surface area contributed by atoms with Crippen molar-refractivity contribution >= 4 is 11.4 Å². The minimum absolute atomic E-state index is 0.587. The Morgan fingerprint density at radius 1 is 1.00 bits per heavy atom. The average Bonchev–Trinajstić information content (AvgIpc) is 2.34. The van der Waals surface area contributed by atoms with Crippen molar-refractivity contribution in [1.29, 1.82) is 0 Å². The van der Waals surface area contributed by atoms with Crippen LogP contribution in [0.1, 0.15) is 16.7 Å². The van der Waals surface area contributed by atoms with Gasteiger partial charge in [0.1, 0.15) is 0 Å². The number of rotatable bonds is 3. The zero-order valence-electron chi connectivity index (χ0n) is 10.3. The Morgan fingerprint density at radius 2 is 1.71 bits per heavy atom. The molecule has 0 saturated heterocycles. The summed E-state index contributed by atoms with van der Waals surface area (Å²) in [4.78, 5) is 0. The monoisotopic (exact) mass is 226 g/mol. The Bertz CT molecular complexity index is 501. The highest BCUT2D eigenvalue weighted by Crippen LogP contribution is 2.21. The van der Waals surface area contributed by atoms with E-state index in [1.54, 1.807) is 0 Å². The second kappa shape index (κ2) is 5.02. The summed E-state index contributed by atoms with van der Waals surface area (Å²) in [5, 5.41) is 3.41. The summed E-state index contributed by atoms with van der Waals surface area (Å²) in [7, 11) is 0. The van der Waals surface area contributed by atoms with Gasteiger partial charge in [0.05, 0.1) is 0 Å². The molecule has 0 radical (unpaired) electrons. The molecular weight excluding hydrogens is 208 g/mol. The first kappa shape index (κ1) is 11.7. The van der Waals surface area contributed by atoms with Crippen LogP contribution in [0, 0.1) is 13.8 Å². The number of nitrogens with two attached hydrogens (primary N) is 1. The van der Waals surface area contributed by atoms with E-state index in [1.165, 1.54) is 11.1 Å². The van der Waals surface area contributed by atoms with E-state index in [0.29, 0.717) is 6.54 Å². The molecule has 0 aliphatic rings. The van der Waals surface area contributed by atoms with E-state index in [2.05, 4.69) is 49.5 Å². The molecule has 0 aliphatic heterocycles. The van der Waals surface area contributed by atoms with Gasteiger partial charge in [0.15, 0.2) is 0 Å². The average molecular weight is 226 g/mol. The van der Waals surface area contributed by atoms with Crippen LogP contribution < -0.4 is 11.1 Å². The van der Waals surface area contributed by atoms with Crippen LogP contribution in [0.5, 0.6) is 0 Å². The molecule has 0 heterocycles. The lowest BCUT2D eigenvalue weighted by atomic mass is 10.1. The molecule has 0 fully saturated rings. The summed E-state index contributed by atoms with van der Waals surface area (Å²) in [6.45, 7) is 4.81. The normalized spacial score (nSPS) is 10.3. The molecule has 0 bridgehead atoms. The van der Waals surface area contributed by atoms with E-state index >= 15 is 0 Å². The SMILES string of the molecule is Cc1ccc(Nc2ccc(CN)cc2)c(C)c1. The lowest BCUT2D eigenvalue weighted by molar-refractivity contribution is 1.07. The molecule has 88 valence electrons. The van der Waals surface area contributed by atoms with Crippen molar-refractivity contribution in [3.8, 4) is 0 Å². The smallest absolute Gasteiger partial charge is 0.0414 e. The lowest BCUT2D eigenvalue weighted by Gasteiger charge is -2.10. The summed E-state index contributed by atoms with van der Waals surface area (Å²) in [5.74, 6) is 0. The first-order chi connectivity index (χ1) is 8.19. The zero-order chi connectivity index (χ0) is 12.3. The second-order valence-electron chi connectivity index (χ2n) is 4.34. The van der Waals surface area contributed by atoms with Crippen LogP contribution in [0.4, 0.5) is 11.4 Å². The number of aryl methyl sites for hydroxylation is 2. The number of hydrogen-bond acceptors (Lipinski definition) is 2. The highest BCUT2D eigenvalue weighted by atomic mass is 14.9. The molecule has 2 rings (SSSR count). The predicted molar refractivity (Wildman–Crippen MR) is 73.5 cm³/mol. The first-order valence-corrected chi connectivity index (χ1v) is 5.82. The molecule has 0 amide bonds. The fourth-order valence-electron chi connectivity index (χ4n) is 1.83. The van der Waals surface area contributed by atoms with Crippen LogP contribution in [0.3, 0.4) is 0 Å². The summed E-state index contributed by atoms with van der Waals surface area (Å²) in [6, 6.07) is 14.6. The topological polar surface area (TPSA) is 38.0 Å². The van der Waals surface area contributed by atoms with E-state index < -0.39 is 0 Å². The van der Waals surface area contributed by atoms with E-state index in [9.17, 15) is 0 Å². The van der Waals surface area contributed by atoms with Gasteiger partial charge in [0.25, 0.3) is 0 Å². The molecule has 0 atom stereocenters. The Balaban J connectivity index is 2.19.